The van der Waals surface area contributed by atoms with E-state index in [4.69, 9.17) is 0 Å². The van der Waals surface area contributed by atoms with Gasteiger partial charge in [-0.2, -0.15) is 0 Å². The van der Waals surface area contributed by atoms with Gasteiger partial charge in [-0.3, -0.25) is 0 Å². The maximum absolute atomic E-state index is 2.41. The molecule has 0 rings (SSSR count). The van der Waals surface area contributed by atoms with Crippen LogP contribution in [0.5, 0.6) is 0 Å². The molecule has 0 aromatic heterocycles. The third-order valence-corrected chi connectivity index (χ3v) is 12.1. The van der Waals surface area contributed by atoms with Crippen molar-refractivity contribution < 1.29 is 0 Å². The molecule has 2 heteroatoms. The van der Waals surface area contributed by atoms with Crippen molar-refractivity contribution in [3.8, 4) is 0 Å². The van der Waals surface area contributed by atoms with Crippen LogP contribution in [0.3, 0.4) is 0 Å². The molecule has 0 saturated heterocycles. The third kappa shape index (κ3) is 17.5. The lowest BCUT2D eigenvalue weighted by Crippen LogP contribution is -2.07. The van der Waals surface area contributed by atoms with Gasteiger partial charge in [0.2, 0.25) is 0 Å². The van der Waals surface area contributed by atoms with Crippen LogP contribution < -0.4 is 0 Å². The van der Waals surface area contributed by atoms with Crippen LogP contribution in [-0.2, 0) is 0 Å². The van der Waals surface area contributed by atoms with Crippen LogP contribution in [0, 0.1) is 0 Å². The largest absolute Gasteiger partial charge is 0.0654 e. The quantitative estimate of drug-likeness (QED) is 0.229. The average molecular weight is 365 g/mol. The summed E-state index contributed by atoms with van der Waals surface area (Å²) in [6, 6.07) is 0. The molecule has 0 atom stereocenters. The van der Waals surface area contributed by atoms with Gasteiger partial charge in [-0.25, -0.2) is 0 Å². The van der Waals surface area contributed by atoms with Crippen molar-refractivity contribution in [2.75, 3.05) is 50.8 Å². The Bertz CT molecular complexity index is 218. The van der Waals surface area contributed by atoms with Gasteiger partial charge in [-0.1, -0.05) is 46.0 Å². The van der Waals surface area contributed by atoms with Crippen LogP contribution in [0.2, 0.25) is 0 Å². The minimum absolute atomic E-state index is 0.432. The van der Waals surface area contributed by atoms with Crippen LogP contribution in [0.25, 0.3) is 0 Å². The Morgan fingerprint density at radius 2 is 0.913 bits per heavy atom. The molecule has 0 fully saturated rings. The smallest absolute Gasteiger partial charge is 0.0594 e. The number of unbranched alkanes of at least 4 members (excludes halogenated alkanes) is 6. The van der Waals surface area contributed by atoms with Gasteiger partial charge < -0.3 is 0 Å². The van der Waals surface area contributed by atoms with E-state index in [-0.39, 0.29) is 0 Å². The minimum atomic E-state index is -0.494. The molecule has 0 amide bonds. The van der Waals surface area contributed by atoms with Gasteiger partial charge >= 0.3 is 0 Å². The summed E-state index contributed by atoms with van der Waals surface area (Å²) in [5.41, 5.74) is 0. The first-order chi connectivity index (χ1) is 10.8. The third-order valence-electron chi connectivity index (χ3n) is 5.18. The van der Waals surface area contributed by atoms with Crippen LogP contribution in [0.15, 0.2) is 0 Å². The Hall–Kier alpha value is 0.860. The standard InChI is InChI=1S/C14H32P.C7H18P/c1-5-9-10-11-12-13-14-15(6-2,7-3)8-4;1-5-6-7-8(2,3)4/h5-14H2,1-4H3;5-7H2,1-4H3/q2*+1. The Labute approximate surface area is 151 Å². The van der Waals surface area contributed by atoms with Crippen molar-refractivity contribution in [2.45, 2.75) is 86.0 Å². The van der Waals surface area contributed by atoms with Gasteiger partial charge in [0.1, 0.15) is 0 Å². The highest BCUT2D eigenvalue weighted by molar-refractivity contribution is 7.75. The molecule has 0 aliphatic carbocycles. The molecule has 0 aliphatic heterocycles. The van der Waals surface area contributed by atoms with E-state index in [9.17, 15) is 0 Å². The van der Waals surface area contributed by atoms with Gasteiger partial charge in [0.25, 0.3) is 0 Å². The molecule has 0 radical (unpaired) electrons. The van der Waals surface area contributed by atoms with Crippen molar-refractivity contribution in [1.29, 1.82) is 0 Å². The average Bonchev–Trinajstić information content (AvgIpc) is 2.53. The first kappa shape index (κ1) is 26.1. The molecule has 142 valence electrons. The lowest BCUT2D eigenvalue weighted by atomic mass is 10.1. The number of rotatable bonds is 13. The van der Waals surface area contributed by atoms with Gasteiger partial charge in [0, 0.05) is 34.5 Å². The van der Waals surface area contributed by atoms with E-state index >= 15 is 0 Å². The first-order valence-electron chi connectivity index (χ1n) is 10.5. The molecule has 0 saturated carbocycles. The van der Waals surface area contributed by atoms with Crippen LogP contribution in [0.1, 0.15) is 86.0 Å². The molecule has 0 N–H and O–H groups in total. The van der Waals surface area contributed by atoms with E-state index in [1.807, 2.05) is 0 Å². The maximum atomic E-state index is 2.41. The first-order valence-corrected chi connectivity index (χ1v) is 16.3. The van der Waals surface area contributed by atoms with E-state index in [2.05, 4.69) is 54.6 Å². The lowest BCUT2D eigenvalue weighted by molar-refractivity contribution is 0.625. The highest BCUT2D eigenvalue weighted by Gasteiger charge is 2.29. The normalized spacial score (nSPS) is 12.0. The molecule has 0 nitrogen and oxygen atoms in total. The SMILES string of the molecule is CCCCCCCC[P+](CC)(CC)CC.CCCC[P+](C)(C)C. The maximum Gasteiger partial charge on any atom is 0.0594 e. The molecular weight excluding hydrogens is 314 g/mol. The van der Waals surface area contributed by atoms with Gasteiger partial charge in [0.05, 0.1) is 30.8 Å². The molecular formula is C21H50P2+2. The monoisotopic (exact) mass is 364 g/mol. The molecule has 23 heavy (non-hydrogen) atoms. The van der Waals surface area contributed by atoms with Crippen LogP contribution in [0.4, 0.5) is 0 Å². The summed E-state index contributed by atoms with van der Waals surface area (Å²) in [5.74, 6) is 0. The summed E-state index contributed by atoms with van der Waals surface area (Å²) in [4.78, 5) is 0. The highest BCUT2D eigenvalue weighted by Crippen LogP contribution is 2.58. The van der Waals surface area contributed by atoms with Gasteiger partial charge in [0.15, 0.2) is 0 Å². The fourth-order valence-electron chi connectivity index (χ4n) is 3.01. The summed E-state index contributed by atoms with van der Waals surface area (Å²) >= 11 is 0. The Balaban J connectivity index is 0. The molecule has 0 aliphatic rings. The van der Waals surface area contributed by atoms with E-state index < -0.39 is 14.5 Å². The second kappa shape index (κ2) is 16.3. The zero-order chi connectivity index (χ0) is 18.2. The van der Waals surface area contributed by atoms with Crippen LogP contribution in [-0.4, -0.2) is 50.8 Å². The molecule has 0 spiro atoms. The second-order valence-corrected chi connectivity index (χ2v) is 18.2. The summed E-state index contributed by atoms with van der Waals surface area (Å²) in [7, 11) is -0.927. The summed E-state index contributed by atoms with van der Waals surface area (Å²) in [5, 5.41) is 0. The summed E-state index contributed by atoms with van der Waals surface area (Å²) in [6.07, 6.45) is 19.0. The fraction of sp³-hybridized carbons (Fsp3) is 1.00. The molecule has 0 aromatic carbocycles. The predicted molar refractivity (Wildman–Crippen MR) is 121 cm³/mol. The fourth-order valence-corrected chi connectivity index (χ4v) is 7.45. The Morgan fingerprint density at radius 1 is 0.478 bits per heavy atom. The van der Waals surface area contributed by atoms with Crippen LogP contribution >= 0.6 is 14.5 Å². The van der Waals surface area contributed by atoms with Crippen molar-refractivity contribution in [3.05, 3.63) is 0 Å². The second-order valence-electron chi connectivity index (χ2n) is 8.15. The van der Waals surface area contributed by atoms with Gasteiger partial charge in [-0.15, -0.1) is 0 Å². The van der Waals surface area contributed by atoms with Crippen molar-refractivity contribution in [1.82, 2.24) is 0 Å². The van der Waals surface area contributed by atoms with Crippen molar-refractivity contribution in [3.63, 3.8) is 0 Å². The Morgan fingerprint density at radius 3 is 1.26 bits per heavy atom. The molecule has 0 unspecified atom stereocenters. The van der Waals surface area contributed by atoms with Crippen molar-refractivity contribution >= 4 is 14.5 Å². The summed E-state index contributed by atoms with van der Waals surface area (Å²) < 4.78 is 0. The zero-order valence-electron chi connectivity index (χ0n) is 18.1. The number of hydrogen-bond donors (Lipinski definition) is 0. The number of hydrogen-bond acceptors (Lipinski definition) is 0. The highest BCUT2D eigenvalue weighted by atomic mass is 31.2. The minimum Gasteiger partial charge on any atom is -0.0654 e. The lowest BCUT2D eigenvalue weighted by Gasteiger charge is -2.23. The topological polar surface area (TPSA) is 0 Å². The predicted octanol–water partition coefficient (Wildman–Crippen LogP) is 8.12. The van der Waals surface area contributed by atoms with E-state index in [0.717, 1.165) is 0 Å². The molecule has 0 heterocycles. The van der Waals surface area contributed by atoms with Gasteiger partial charge in [-0.05, 0) is 40.0 Å². The molecule has 0 aromatic rings. The van der Waals surface area contributed by atoms with Crippen molar-refractivity contribution in [2.24, 2.45) is 0 Å². The van der Waals surface area contributed by atoms with E-state index in [1.165, 1.54) is 76.0 Å². The zero-order valence-corrected chi connectivity index (χ0v) is 19.9. The Kier molecular flexibility index (Phi) is 18.5. The summed E-state index contributed by atoms with van der Waals surface area (Å²) in [6.45, 7) is 19.0. The molecule has 0 bridgehead atoms. The van der Waals surface area contributed by atoms with E-state index in [1.54, 1.807) is 6.16 Å². The van der Waals surface area contributed by atoms with E-state index in [0.29, 0.717) is 0 Å².